The Morgan fingerprint density at radius 1 is 1.03 bits per heavy atom. The van der Waals surface area contributed by atoms with E-state index in [1.807, 2.05) is 24.3 Å². The minimum atomic E-state index is -0.502. The number of hydrogen-bond acceptors (Lipinski definition) is 4. The number of halogens is 1. The number of rotatable bonds is 7. The Kier molecular flexibility index (Phi) is 5.99. The monoisotopic (exact) mass is 435 g/mol. The maximum Gasteiger partial charge on any atom is 0.269 e. The SMILES string of the molecule is O=C(NCCSc1c(-c2ccc(F)cc2)[nH]c2ccccc12)c1ccc([N+](=O)[O-])cc1. The highest BCUT2D eigenvalue weighted by molar-refractivity contribution is 7.99. The van der Waals surface area contributed by atoms with Gasteiger partial charge in [-0.2, -0.15) is 0 Å². The van der Waals surface area contributed by atoms with E-state index in [1.54, 1.807) is 23.9 Å². The average molecular weight is 435 g/mol. The molecule has 4 aromatic rings. The van der Waals surface area contributed by atoms with Gasteiger partial charge in [0.05, 0.1) is 10.6 Å². The molecule has 6 nitrogen and oxygen atoms in total. The number of nitro benzene ring substituents is 1. The number of hydrogen-bond donors (Lipinski definition) is 2. The largest absolute Gasteiger partial charge is 0.354 e. The summed E-state index contributed by atoms with van der Waals surface area (Å²) in [6.07, 6.45) is 0. The molecule has 0 radical (unpaired) electrons. The van der Waals surface area contributed by atoms with Crippen LogP contribution in [0, 0.1) is 15.9 Å². The van der Waals surface area contributed by atoms with Crippen LogP contribution in [0.4, 0.5) is 10.1 Å². The molecule has 2 N–H and O–H groups in total. The van der Waals surface area contributed by atoms with Gasteiger partial charge in [-0.15, -0.1) is 11.8 Å². The number of aromatic nitrogens is 1. The topological polar surface area (TPSA) is 88.0 Å². The summed E-state index contributed by atoms with van der Waals surface area (Å²) in [6.45, 7) is 0.419. The third-order valence-corrected chi connectivity index (χ3v) is 5.89. The highest BCUT2D eigenvalue weighted by atomic mass is 32.2. The fraction of sp³-hybridized carbons (Fsp3) is 0.0870. The summed E-state index contributed by atoms with van der Waals surface area (Å²) in [5.41, 5.74) is 3.09. The first-order valence-electron chi connectivity index (χ1n) is 9.55. The lowest BCUT2D eigenvalue weighted by Gasteiger charge is -2.07. The number of para-hydroxylation sites is 1. The van der Waals surface area contributed by atoms with E-state index >= 15 is 0 Å². The van der Waals surface area contributed by atoms with Gasteiger partial charge in [-0.3, -0.25) is 14.9 Å². The summed E-state index contributed by atoms with van der Waals surface area (Å²) in [5, 5.41) is 14.6. The number of non-ortho nitro benzene ring substituents is 1. The van der Waals surface area contributed by atoms with Crippen molar-refractivity contribution in [2.45, 2.75) is 4.90 Å². The van der Waals surface area contributed by atoms with E-state index in [1.165, 1.54) is 36.4 Å². The first-order chi connectivity index (χ1) is 15.0. The molecule has 8 heteroatoms. The molecule has 0 saturated carbocycles. The summed E-state index contributed by atoms with van der Waals surface area (Å²) < 4.78 is 13.3. The molecule has 4 rings (SSSR count). The third-order valence-electron chi connectivity index (χ3n) is 4.77. The van der Waals surface area contributed by atoms with Crippen LogP contribution in [0.1, 0.15) is 10.4 Å². The van der Waals surface area contributed by atoms with E-state index < -0.39 is 4.92 Å². The van der Waals surface area contributed by atoms with Crippen LogP contribution < -0.4 is 5.32 Å². The zero-order chi connectivity index (χ0) is 21.8. The molecule has 0 fully saturated rings. The third kappa shape index (κ3) is 4.59. The minimum absolute atomic E-state index is 0.0558. The van der Waals surface area contributed by atoms with Gasteiger partial charge in [-0.1, -0.05) is 18.2 Å². The number of H-pyrrole nitrogens is 1. The Labute approximate surface area is 181 Å². The van der Waals surface area contributed by atoms with E-state index in [0.29, 0.717) is 17.9 Å². The second kappa shape index (κ2) is 9.01. The van der Waals surface area contributed by atoms with Crippen molar-refractivity contribution in [3.8, 4) is 11.3 Å². The predicted molar refractivity (Wildman–Crippen MR) is 120 cm³/mol. The van der Waals surface area contributed by atoms with Crippen molar-refractivity contribution in [3.63, 3.8) is 0 Å². The van der Waals surface area contributed by atoms with Gasteiger partial charge >= 0.3 is 0 Å². The fourth-order valence-corrected chi connectivity index (χ4v) is 4.30. The summed E-state index contributed by atoms with van der Waals surface area (Å²) in [4.78, 5) is 27.0. The number of thioether (sulfide) groups is 1. The average Bonchev–Trinajstić information content (AvgIpc) is 3.15. The van der Waals surface area contributed by atoms with Crippen LogP contribution in [0.2, 0.25) is 0 Å². The van der Waals surface area contributed by atoms with E-state index in [0.717, 1.165) is 27.1 Å². The Balaban J connectivity index is 1.45. The van der Waals surface area contributed by atoms with E-state index in [9.17, 15) is 19.3 Å². The van der Waals surface area contributed by atoms with Crippen molar-refractivity contribution < 1.29 is 14.1 Å². The number of amides is 1. The smallest absolute Gasteiger partial charge is 0.269 e. The van der Waals surface area contributed by atoms with E-state index in [2.05, 4.69) is 10.3 Å². The maximum absolute atomic E-state index is 13.3. The lowest BCUT2D eigenvalue weighted by molar-refractivity contribution is -0.384. The van der Waals surface area contributed by atoms with E-state index in [4.69, 9.17) is 0 Å². The number of nitro groups is 1. The zero-order valence-electron chi connectivity index (χ0n) is 16.3. The fourth-order valence-electron chi connectivity index (χ4n) is 3.24. The van der Waals surface area contributed by atoms with Crippen molar-refractivity contribution in [1.82, 2.24) is 10.3 Å². The molecular weight excluding hydrogens is 417 g/mol. The Bertz CT molecular complexity index is 1240. The van der Waals surface area contributed by atoms with Crippen LogP contribution >= 0.6 is 11.8 Å². The van der Waals surface area contributed by atoms with Crippen molar-refractivity contribution >= 4 is 34.3 Å². The minimum Gasteiger partial charge on any atom is -0.354 e. The highest BCUT2D eigenvalue weighted by Gasteiger charge is 2.14. The lowest BCUT2D eigenvalue weighted by atomic mass is 10.1. The number of carbonyl (C=O) groups excluding carboxylic acids is 1. The van der Waals surface area contributed by atoms with Gasteiger partial charge in [0, 0.05) is 45.8 Å². The lowest BCUT2D eigenvalue weighted by Crippen LogP contribution is -2.25. The molecule has 3 aromatic carbocycles. The molecule has 0 aliphatic rings. The molecule has 0 aliphatic carbocycles. The Morgan fingerprint density at radius 3 is 2.45 bits per heavy atom. The first-order valence-corrected chi connectivity index (χ1v) is 10.5. The molecule has 1 aromatic heterocycles. The maximum atomic E-state index is 13.3. The van der Waals surface area contributed by atoms with Gasteiger partial charge in [0.15, 0.2) is 0 Å². The summed E-state index contributed by atoms with van der Waals surface area (Å²) >= 11 is 1.60. The van der Waals surface area contributed by atoms with Crippen molar-refractivity contribution in [1.29, 1.82) is 0 Å². The van der Waals surface area contributed by atoms with Crippen LogP contribution in [-0.2, 0) is 0 Å². The van der Waals surface area contributed by atoms with Crippen LogP contribution in [0.5, 0.6) is 0 Å². The standard InChI is InChI=1S/C23H18FN3O3S/c24-17-9-5-15(6-10-17)21-22(19-3-1-2-4-20(19)26-21)31-14-13-25-23(28)16-7-11-18(12-8-16)27(29)30/h1-12,26H,13-14H2,(H,25,28). The van der Waals surface area contributed by atoms with E-state index in [-0.39, 0.29) is 17.4 Å². The molecule has 1 heterocycles. The molecule has 0 atom stereocenters. The molecule has 0 bridgehead atoms. The number of aromatic amines is 1. The van der Waals surface area contributed by atoms with Crippen molar-refractivity contribution in [3.05, 3.63) is 94.3 Å². The molecular formula is C23H18FN3O3S. The summed E-state index contributed by atoms with van der Waals surface area (Å²) in [5.74, 6) is 0.0468. The molecule has 0 unspecified atom stereocenters. The Hall–Kier alpha value is -3.65. The van der Waals surface area contributed by atoms with Crippen molar-refractivity contribution in [2.75, 3.05) is 12.3 Å². The predicted octanol–water partition coefficient (Wildman–Crippen LogP) is 5.40. The summed E-state index contributed by atoms with van der Waals surface area (Å²) in [6, 6.07) is 19.8. The first kappa shape index (κ1) is 20.6. The van der Waals surface area contributed by atoms with Gasteiger partial charge in [0.25, 0.3) is 11.6 Å². The number of nitrogens with zero attached hydrogens (tertiary/aromatic N) is 1. The number of carbonyl (C=O) groups is 1. The normalized spacial score (nSPS) is 10.9. The van der Waals surface area contributed by atoms with Crippen LogP contribution in [-0.4, -0.2) is 28.1 Å². The molecule has 1 amide bonds. The van der Waals surface area contributed by atoms with Gasteiger partial charge in [0.1, 0.15) is 5.82 Å². The molecule has 0 aliphatic heterocycles. The zero-order valence-corrected chi connectivity index (χ0v) is 17.1. The van der Waals surface area contributed by atoms with Gasteiger partial charge < -0.3 is 10.3 Å². The molecule has 31 heavy (non-hydrogen) atoms. The number of fused-ring (bicyclic) bond motifs is 1. The van der Waals surface area contributed by atoms with Gasteiger partial charge in [0.2, 0.25) is 0 Å². The number of benzene rings is 3. The second-order valence-electron chi connectivity index (χ2n) is 6.79. The van der Waals surface area contributed by atoms with Gasteiger partial charge in [-0.05, 0) is 48.0 Å². The van der Waals surface area contributed by atoms with Gasteiger partial charge in [-0.25, -0.2) is 4.39 Å². The quantitative estimate of drug-likeness (QED) is 0.176. The summed E-state index contributed by atoms with van der Waals surface area (Å²) in [7, 11) is 0. The molecule has 0 spiro atoms. The van der Waals surface area contributed by atoms with Crippen molar-refractivity contribution in [2.24, 2.45) is 0 Å². The number of nitrogens with one attached hydrogen (secondary N) is 2. The molecule has 0 saturated heterocycles. The van der Waals surface area contributed by atoms with Crippen LogP contribution in [0.25, 0.3) is 22.2 Å². The molecule has 156 valence electrons. The van der Waals surface area contributed by atoms with Crippen LogP contribution in [0.15, 0.2) is 77.7 Å². The Morgan fingerprint density at radius 2 is 1.74 bits per heavy atom. The second-order valence-corrected chi connectivity index (χ2v) is 7.90. The highest BCUT2D eigenvalue weighted by Crippen LogP contribution is 2.37. The van der Waals surface area contributed by atoms with Crippen LogP contribution in [0.3, 0.4) is 0 Å².